The minimum Gasteiger partial charge on any atom is -0.477 e. The number of halogens is 3. The maximum atomic E-state index is 12.2. The van der Waals surface area contributed by atoms with Gasteiger partial charge in [-0.1, -0.05) is 6.07 Å². The average Bonchev–Trinajstić information content (AvgIpc) is 3.08. The minimum absolute atomic E-state index is 0.0564. The molecule has 0 aliphatic carbocycles. The van der Waals surface area contributed by atoms with Gasteiger partial charge in [-0.25, -0.2) is 19.4 Å². The summed E-state index contributed by atoms with van der Waals surface area (Å²) in [6.45, 7) is 0.315. The third-order valence-corrected chi connectivity index (χ3v) is 3.32. The monoisotopic (exact) mass is 379 g/mol. The zero-order valence-corrected chi connectivity index (χ0v) is 13.5. The summed E-state index contributed by atoms with van der Waals surface area (Å²) in [4.78, 5) is 18.6. The molecule has 0 fully saturated rings. The number of hydrogen-bond acceptors (Lipinski definition) is 6. The van der Waals surface area contributed by atoms with E-state index in [9.17, 15) is 18.0 Å². The van der Waals surface area contributed by atoms with Crippen molar-refractivity contribution in [2.24, 2.45) is 0 Å². The molecule has 0 saturated heterocycles. The third-order valence-electron chi connectivity index (χ3n) is 3.32. The van der Waals surface area contributed by atoms with Crippen LogP contribution in [0.4, 0.5) is 19.1 Å². The van der Waals surface area contributed by atoms with E-state index in [1.807, 2.05) is 0 Å². The average molecular weight is 379 g/mol. The molecule has 140 valence electrons. The van der Waals surface area contributed by atoms with Crippen molar-refractivity contribution in [1.29, 1.82) is 0 Å². The zero-order chi connectivity index (χ0) is 19.4. The van der Waals surface area contributed by atoms with Gasteiger partial charge in [-0.3, -0.25) is 0 Å². The van der Waals surface area contributed by atoms with Crippen LogP contribution < -0.4 is 10.1 Å². The second kappa shape index (κ2) is 7.32. The first-order valence-electron chi connectivity index (χ1n) is 7.50. The van der Waals surface area contributed by atoms with Crippen molar-refractivity contribution in [2.45, 2.75) is 12.9 Å². The highest BCUT2D eigenvalue weighted by atomic mass is 19.4. The Kier molecular flexibility index (Phi) is 4.92. The zero-order valence-electron chi connectivity index (χ0n) is 13.5. The number of nitrogens with one attached hydrogen (secondary N) is 1. The van der Waals surface area contributed by atoms with Gasteiger partial charge < -0.3 is 15.2 Å². The smallest absolute Gasteiger partial charge is 0.477 e. The molecule has 8 nitrogen and oxygen atoms in total. The lowest BCUT2D eigenvalue weighted by molar-refractivity contribution is -0.274. The number of carboxylic acid groups (broad SMARTS) is 1. The van der Waals surface area contributed by atoms with Crippen LogP contribution in [0.25, 0.3) is 5.69 Å². The Bertz CT molecular complexity index is 924. The predicted octanol–water partition coefficient (Wildman–Crippen LogP) is 2.87. The van der Waals surface area contributed by atoms with Gasteiger partial charge >= 0.3 is 12.3 Å². The fourth-order valence-corrected chi connectivity index (χ4v) is 2.11. The fourth-order valence-electron chi connectivity index (χ4n) is 2.11. The molecule has 2 N–H and O–H groups in total. The Morgan fingerprint density at radius 1 is 1.15 bits per heavy atom. The van der Waals surface area contributed by atoms with Crippen LogP contribution in [0.5, 0.6) is 5.75 Å². The molecule has 0 aliphatic rings. The highest BCUT2D eigenvalue weighted by molar-refractivity contribution is 5.85. The first-order valence-corrected chi connectivity index (χ1v) is 7.50. The number of hydrogen-bond donors (Lipinski definition) is 2. The number of rotatable bonds is 6. The van der Waals surface area contributed by atoms with E-state index in [1.165, 1.54) is 47.5 Å². The first kappa shape index (κ1) is 18.2. The molecule has 2 heterocycles. The third kappa shape index (κ3) is 4.93. The van der Waals surface area contributed by atoms with Crippen molar-refractivity contribution in [1.82, 2.24) is 19.7 Å². The van der Waals surface area contributed by atoms with E-state index in [0.29, 0.717) is 12.2 Å². The Hall–Kier alpha value is -3.63. The van der Waals surface area contributed by atoms with E-state index in [-0.39, 0.29) is 17.4 Å². The molecule has 0 bridgehead atoms. The quantitative estimate of drug-likeness (QED) is 0.679. The minimum atomic E-state index is -4.75. The van der Waals surface area contributed by atoms with Gasteiger partial charge in [0.05, 0.1) is 5.69 Å². The Morgan fingerprint density at radius 3 is 2.48 bits per heavy atom. The van der Waals surface area contributed by atoms with Crippen molar-refractivity contribution in [2.75, 3.05) is 5.32 Å². The van der Waals surface area contributed by atoms with E-state index in [2.05, 4.69) is 25.1 Å². The predicted molar refractivity (Wildman–Crippen MR) is 86.6 cm³/mol. The van der Waals surface area contributed by atoms with Crippen LogP contribution in [-0.2, 0) is 6.54 Å². The first-order chi connectivity index (χ1) is 12.8. The highest BCUT2D eigenvalue weighted by Crippen LogP contribution is 2.23. The normalized spacial score (nSPS) is 11.2. The van der Waals surface area contributed by atoms with Gasteiger partial charge in [-0.2, -0.15) is 0 Å². The number of ether oxygens (including phenoxy) is 1. The molecule has 0 amide bonds. The van der Waals surface area contributed by atoms with Crippen molar-refractivity contribution >= 4 is 11.9 Å². The number of nitrogens with zero attached hydrogens (tertiary/aromatic N) is 4. The number of aromatic nitrogens is 4. The summed E-state index contributed by atoms with van der Waals surface area (Å²) in [5.74, 6) is -1.16. The van der Waals surface area contributed by atoms with E-state index in [0.717, 1.165) is 5.56 Å². The Balaban J connectivity index is 1.62. The molecule has 0 radical (unpaired) electrons. The maximum absolute atomic E-state index is 12.2. The molecule has 0 saturated carbocycles. The highest BCUT2D eigenvalue weighted by Gasteiger charge is 2.30. The lowest BCUT2D eigenvalue weighted by atomic mass is 10.2. The van der Waals surface area contributed by atoms with Crippen LogP contribution in [0.1, 0.15) is 16.1 Å². The van der Waals surface area contributed by atoms with Gasteiger partial charge in [0.2, 0.25) is 5.95 Å². The summed E-state index contributed by atoms with van der Waals surface area (Å²) in [5, 5.41) is 15.9. The molecule has 3 rings (SSSR count). The van der Waals surface area contributed by atoms with E-state index in [1.54, 1.807) is 6.07 Å². The SMILES string of the molecule is O=C(O)c1ccc(CNc2ncn(-c3ccc(OC(F)(F)F)cc3)n2)cn1. The summed E-state index contributed by atoms with van der Waals surface area (Å²) >= 11 is 0. The van der Waals surface area contributed by atoms with Gasteiger partial charge in [-0.15, -0.1) is 18.3 Å². The van der Waals surface area contributed by atoms with Crippen molar-refractivity contribution in [3.05, 3.63) is 60.2 Å². The summed E-state index contributed by atoms with van der Waals surface area (Å²) < 4.78 is 41.7. The molecular formula is C16H12F3N5O3. The number of carboxylic acids is 1. The topological polar surface area (TPSA) is 102 Å². The number of anilines is 1. The second-order valence-electron chi connectivity index (χ2n) is 5.26. The lowest BCUT2D eigenvalue weighted by Crippen LogP contribution is -2.17. The fraction of sp³-hybridized carbons (Fsp3) is 0.125. The van der Waals surface area contributed by atoms with Crippen molar-refractivity contribution in [3.63, 3.8) is 0 Å². The molecule has 3 aromatic rings. The summed E-state index contributed by atoms with van der Waals surface area (Å²) in [6.07, 6.45) is -1.93. The molecule has 0 aliphatic heterocycles. The van der Waals surface area contributed by atoms with Gasteiger partial charge in [0.25, 0.3) is 0 Å². The van der Waals surface area contributed by atoms with E-state index in [4.69, 9.17) is 5.11 Å². The number of pyridine rings is 1. The van der Waals surface area contributed by atoms with Crippen LogP contribution in [0.3, 0.4) is 0 Å². The van der Waals surface area contributed by atoms with E-state index < -0.39 is 12.3 Å². The summed E-state index contributed by atoms with van der Waals surface area (Å²) in [6, 6.07) is 8.17. The van der Waals surface area contributed by atoms with Gasteiger partial charge in [0, 0.05) is 12.7 Å². The Morgan fingerprint density at radius 2 is 1.89 bits per heavy atom. The molecule has 27 heavy (non-hydrogen) atoms. The Labute approximate surface area is 150 Å². The molecule has 0 unspecified atom stereocenters. The standard InChI is InChI=1S/C16H12F3N5O3/c17-16(18,19)27-12-4-2-11(3-5-12)24-9-22-15(23-24)21-8-10-1-6-13(14(25)26)20-7-10/h1-7,9H,8H2,(H,21,23)(H,25,26). The maximum Gasteiger partial charge on any atom is 0.573 e. The number of aromatic carboxylic acids is 1. The molecule has 1 aromatic carbocycles. The summed E-state index contributed by atoms with van der Waals surface area (Å²) in [5.41, 5.74) is 1.17. The van der Waals surface area contributed by atoms with Crippen LogP contribution >= 0.6 is 0 Å². The van der Waals surface area contributed by atoms with E-state index >= 15 is 0 Å². The van der Waals surface area contributed by atoms with Crippen LogP contribution in [-0.4, -0.2) is 37.2 Å². The van der Waals surface area contributed by atoms with Gasteiger partial charge in [0.1, 0.15) is 17.8 Å². The van der Waals surface area contributed by atoms with Crippen LogP contribution in [0.15, 0.2) is 48.9 Å². The summed E-state index contributed by atoms with van der Waals surface area (Å²) in [7, 11) is 0. The largest absolute Gasteiger partial charge is 0.573 e. The van der Waals surface area contributed by atoms with Crippen LogP contribution in [0.2, 0.25) is 0 Å². The number of benzene rings is 1. The second-order valence-corrected chi connectivity index (χ2v) is 5.26. The lowest BCUT2D eigenvalue weighted by Gasteiger charge is -2.09. The molecule has 0 atom stereocenters. The number of alkyl halides is 3. The molecular weight excluding hydrogens is 367 g/mol. The van der Waals surface area contributed by atoms with Crippen molar-refractivity contribution in [3.8, 4) is 11.4 Å². The molecule has 2 aromatic heterocycles. The molecule has 11 heteroatoms. The van der Waals surface area contributed by atoms with Gasteiger partial charge in [0.15, 0.2) is 0 Å². The van der Waals surface area contributed by atoms with Crippen molar-refractivity contribution < 1.29 is 27.8 Å². The van der Waals surface area contributed by atoms with Crippen LogP contribution in [0, 0.1) is 0 Å². The molecule has 0 spiro atoms. The number of carbonyl (C=O) groups is 1. The van der Waals surface area contributed by atoms with Gasteiger partial charge in [-0.05, 0) is 35.9 Å².